The number of hydrogen-bond acceptors (Lipinski definition) is 0. The van der Waals surface area contributed by atoms with Crippen LogP contribution in [0.3, 0.4) is 0 Å². The van der Waals surface area contributed by atoms with Gasteiger partial charge < -0.3 is 0 Å². The molecule has 0 bridgehead atoms. The van der Waals surface area contributed by atoms with Gasteiger partial charge in [-0.3, -0.25) is 0 Å². The van der Waals surface area contributed by atoms with Crippen LogP contribution in [0.15, 0.2) is 60.7 Å². The monoisotopic (exact) mass is 285 g/mol. The molecule has 0 fully saturated rings. The number of benzene rings is 2. The Hall–Kier alpha value is -1.00. The van der Waals surface area contributed by atoms with E-state index in [2.05, 4.69) is 74.5 Å². The zero-order valence-corrected chi connectivity index (χ0v) is 12.3. The Morgan fingerprint density at radius 3 is 1.35 bits per heavy atom. The normalized spacial score (nSPS) is 14.9. The van der Waals surface area contributed by atoms with Gasteiger partial charge in [0.1, 0.15) is 0 Å². The van der Waals surface area contributed by atoms with Crippen LogP contribution >= 0.6 is 0 Å². The molecule has 2 aromatic rings. The molecule has 2 aromatic carbocycles. The van der Waals surface area contributed by atoms with E-state index < -0.39 is 0 Å². The van der Waals surface area contributed by atoms with E-state index in [0.29, 0.717) is 25.2 Å². The van der Waals surface area contributed by atoms with Crippen molar-refractivity contribution in [3.05, 3.63) is 71.8 Å². The Morgan fingerprint density at radius 2 is 1.00 bits per heavy atom. The molecule has 0 spiro atoms. The van der Waals surface area contributed by atoms with Gasteiger partial charge in [-0.05, 0) is 0 Å². The molecule has 0 aliphatic rings. The van der Waals surface area contributed by atoms with Crippen LogP contribution < -0.4 is 0 Å². The number of rotatable bonds is 4. The molecule has 1 radical (unpaired) electrons. The minimum atomic E-state index is 0.299. The third kappa shape index (κ3) is 3.48. The van der Waals surface area contributed by atoms with Crippen LogP contribution in [0, 0.1) is 0 Å². The molecule has 2 unspecified atom stereocenters. The first-order valence-corrected chi connectivity index (χ1v) is 8.24. The first-order valence-electron chi connectivity index (χ1n) is 6.07. The Bertz CT molecular complexity index is 392. The predicted molar refractivity (Wildman–Crippen MR) is 75.5 cm³/mol. The van der Waals surface area contributed by atoms with E-state index in [-0.39, 0.29) is 0 Å². The SMILES string of the molecule is CC([As]C(C)c1ccccc1)c1ccccc1. The first-order chi connectivity index (χ1) is 8.27. The van der Waals surface area contributed by atoms with Gasteiger partial charge in [0.25, 0.3) is 0 Å². The molecule has 2 rings (SSSR count). The summed E-state index contributed by atoms with van der Waals surface area (Å²) in [6.45, 7) is 4.71. The molecule has 0 aromatic heterocycles. The quantitative estimate of drug-likeness (QED) is 0.738. The number of hydrogen-bond donors (Lipinski definition) is 0. The van der Waals surface area contributed by atoms with Gasteiger partial charge in [0.15, 0.2) is 0 Å². The van der Waals surface area contributed by atoms with Gasteiger partial charge in [-0.1, -0.05) is 0 Å². The van der Waals surface area contributed by atoms with Crippen molar-refractivity contribution in [3.8, 4) is 0 Å². The van der Waals surface area contributed by atoms with Crippen molar-refractivity contribution in [2.45, 2.75) is 23.3 Å². The first kappa shape index (κ1) is 12.5. The summed E-state index contributed by atoms with van der Waals surface area (Å²) >= 11 is 0.299. The van der Waals surface area contributed by atoms with E-state index in [1.54, 1.807) is 0 Å². The van der Waals surface area contributed by atoms with Crippen molar-refractivity contribution in [2.75, 3.05) is 0 Å². The molecule has 1 heteroatoms. The van der Waals surface area contributed by atoms with E-state index >= 15 is 0 Å². The fourth-order valence-corrected chi connectivity index (χ4v) is 4.82. The topological polar surface area (TPSA) is 0 Å². The Labute approximate surface area is 111 Å². The van der Waals surface area contributed by atoms with E-state index in [1.165, 1.54) is 11.1 Å². The average Bonchev–Trinajstić information content (AvgIpc) is 2.40. The standard InChI is InChI=1S/C16H18As/c1-13(15-9-5-3-6-10-15)17-14(2)16-11-7-4-8-12-16/h3-14H,1-2H3. The summed E-state index contributed by atoms with van der Waals surface area (Å²) in [6, 6.07) is 21.7. The van der Waals surface area contributed by atoms with Crippen LogP contribution in [0.1, 0.15) is 34.4 Å². The summed E-state index contributed by atoms with van der Waals surface area (Å²) in [5, 5.41) is 0. The Kier molecular flexibility index (Phi) is 4.45. The van der Waals surface area contributed by atoms with E-state index in [9.17, 15) is 0 Å². The third-order valence-electron chi connectivity index (χ3n) is 3.01. The second-order valence-electron chi connectivity index (χ2n) is 4.32. The zero-order valence-electron chi connectivity index (χ0n) is 10.4. The summed E-state index contributed by atoms with van der Waals surface area (Å²) in [7, 11) is 0. The van der Waals surface area contributed by atoms with Crippen molar-refractivity contribution in [1.29, 1.82) is 0 Å². The van der Waals surface area contributed by atoms with Crippen LogP contribution in [0.4, 0.5) is 0 Å². The van der Waals surface area contributed by atoms with Gasteiger partial charge in [-0.15, -0.1) is 0 Å². The van der Waals surface area contributed by atoms with Crippen LogP contribution in [-0.4, -0.2) is 15.8 Å². The van der Waals surface area contributed by atoms with Crippen LogP contribution in [0.2, 0.25) is 0 Å². The van der Waals surface area contributed by atoms with E-state index in [4.69, 9.17) is 0 Å². The van der Waals surface area contributed by atoms with Crippen molar-refractivity contribution >= 4 is 15.8 Å². The third-order valence-corrected chi connectivity index (χ3v) is 6.14. The van der Waals surface area contributed by atoms with E-state index in [0.717, 1.165) is 0 Å². The van der Waals surface area contributed by atoms with E-state index in [1.807, 2.05) is 0 Å². The molecule has 0 amide bonds. The molecule has 0 aliphatic carbocycles. The molecule has 0 nitrogen and oxygen atoms in total. The molecule has 0 saturated heterocycles. The van der Waals surface area contributed by atoms with Gasteiger partial charge in [0, 0.05) is 0 Å². The molecule has 2 atom stereocenters. The van der Waals surface area contributed by atoms with Crippen molar-refractivity contribution < 1.29 is 0 Å². The van der Waals surface area contributed by atoms with Gasteiger partial charge in [-0.25, -0.2) is 0 Å². The van der Waals surface area contributed by atoms with Crippen molar-refractivity contribution in [3.63, 3.8) is 0 Å². The summed E-state index contributed by atoms with van der Waals surface area (Å²) in [5.41, 5.74) is 2.96. The molecule has 17 heavy (non-hydrogen) atoms. The maximum absolute atomic E-state index is 2.36. The van der Waals surface area contributed by atoms with Gasteiger partial charge >= 0.3 is 111 Å². The summed E-state index contributed by atoms with van der Waals surface area (Å²) < 4.78 is 1.42. The summed E-state index contributed by atoms with van der Waals surface area (Å²) in [4.78, 5) is 0. The molecule has 0 saturated carbocycles. The minimum absolute atomic E-state index is 0.299. The fourth-order valence-electron chi connectivity index (χ4n) is 1.97. The van der Waals surface area contributed by atoms with Crippen molar-refractivity contribution in [2.24, 2.45) is 0 Å². The summed E-state index contributed by atoms with van der Waals surface area (Å²) in [5.74, 6) is 0. The molecular weight excluding hydrogens is 267 g/mol. The second kappa shape index (κ2) is 6.07. The molecule has 87 valence electrons. The van der Waals surface area contributed by atoms with Crippen LogP contribution in [0.5, 0.6) is 0 Å². The molecule has 0 N–H and O–H groups in total. The van der Waals surface area contributed by atoms with Gasteiger partial charge in [0.2, 0.25) is 0 Å². The van der Waals surface area contributed by atoms with Crippen LogP contribution in [-0.2, 0) is 0 Å². The Balaban J connectivity index is 2.02. The average molecular weight is 285 g/mol. The van der Waals surface area contributed by atoms with Gasteiger partial charge in [-0.2, -0.15) is 0 Å². The molecular formula is C16H18As. The second-order valence-corrected chi connectivity index (χ2v) is 8.20. The van der Waals surface area contributed by atoms with Crippen LogP contribution in [0.25, 0.3) is 0 Å². The van der Waals surface area contributed by atoms with Gasteiger partial charge in [0.05, 0.1) is 0 Å². The maximum atomic E-state index is 2.36. The zero-order chi connectivity index (χ0) is 12.1. The molecule has 0 heterocycles. The Morgan fingerprint density at radius 1 is 0.647 bits per heavy atom. The fraction of sp³-hybridized carbons (Fsp3) is 0.250. The predicted octanol–water partition coefficient (Wildman–Crippen LogP) is 4.21. The molecule has 0 aliphatic heterocycles. The van der Waals surface area contributed by atoms with Crippen molar-refractivity contribution in [1.82, 2.24) is 0 Å². The summed E-state index contributed by atoms with van der Waals surface area (Å²) in [6.07, 6.45) is 0.